The van der Waals surface area contributed by atoms with E-state index < -0.39 is 124 Å². The number of nitrogens with two attached hydrogens (primary N) is 3. The molecule has 6 atom stereocenters. The first kappa shape index (κ1) is 119. The van der Waals surface area contributed by atoms with Crippen molar-refractivity contribution >= 4 is 107 Å². The van der Waals surface area contributed by atoms with Crippen LogP contribution in [0.4, 0.5) is 40.4 Å². The smallest absolute Gasteiger partial charge is 0.408 e. The highest BCUT2D eigenvalue weighted by atomic mass is 35.5. The van der Waals surface area contributed by atoms with Gasteiger partial charge in [-0.05, 0) is 252 Å². The Balaban J connectivity index is 2.30. The van der Waals surface area contributed by atoms with Crippen molar-refractivity contribution < 1.29 is 95.5 Å². The van der Waals surface area contributed by atoms with Gasteiger partial charge in [-0.2, -0.15) is 0 Å². The zero-order valence-electron chi connectivity index (χ0n) is 83.6. The molecule has 756 valence electrons. The molecule has 0 saturated carbocycles. The summed E-state index contributed by atoms with van der Waals surface area (Å²) in [5.41, 5.74) is 13.3. The van der Waals surface area contributed by atoms with Crippen LogP contribution in [-0.4, -0.2) is 214 Å². The quantitative estimate of drug-likeness (QED) is 0.0127. The minimum absolute atomic E-state index is 0.101. The molecule has 36 nitrogen and oxygen atoms in total. The van der Waals surface area contributed by atoms with Crippen LogP contribution < -0.4 is 69.8 Å². The number of alkyl carbamates (subject to hydrolysis) is 6. The Morgan fingerprint density at radius 1 is 0.383 bits per heavy atom. The lowest BCUT2D eigenvalue weighted by Gasteiger charge is -2.25. The summed E-state index contributed by atoms with van der Waals surface area (Å²) >= 11 is 5.93. The molecule has 1 aromatic carbocycles. The van der Waals surface area contributed by atoms with Crippen LogP contribution in [0.2, 0.25) is 5.15 Å². The highest BCUT2D eigenvalue weighted by Crippen LogP contribution is 2.24. The van der Waals surface area contributed by atoms with Crippen LogP contribution in [0.3, 0.4) is 0 Å². The number of carbonyl (C=O) groups excluding carboxylic acids is 13. The summed E-state index contributed by atoms with van der Waals surface area (Å²) in [5.74, 6) is -2.11. The Hall–Kier alpha value is -9.87. The lowest BCUT2D eigenvalue weighted by molar-refractivity contribution is -0.124. The van der Waals surface area contributed by atoms with Gasteiger partial charge >= 0.3 is 36.6 Å². The first-order chi connectivity index (χ1) is 62.1. The molecular weight excluding hydrogens is 1730 g/mol. The SMILES string of the molecule is CCCCC[C@H](NC(=O)OC(C)(C)C)C(=O)CCCCC[C@H](NC(=O)OC(C)(C)C)C(=O)CCCCC[C@H](NC(=O)OC(C)(C)C)C(=O)NCCCN(CCCNC(=O)[C@H](CCCCCC(=O)[C@H](CCCCCC(=O)[C@H](CCCCC)NC(=O)OC(C)(C)C)NC(=O)OC(C)(C)C)NC(=O)OC(C)(C)C)CCOc1ccc(CCCCN=C(N)NC(=O)c2nc(Cl)c(N)nc2N)cc1. The fourth-order valence-electron chi connectivity index (χ4n) is 13.8. The number of carbonyl (C=O) groups is 13. The number of rotatable bonds is 62. The maximum Gasteiger partial charge on any atom is 0.408 e. The van der Waals surface area contributed by atoms with Crippen molar-refractivity contribution in [2.75, 3.05) is 57.3 Å². The van der Waals surface area contributed by atoms with Gasteiger partial charge in [-0.1, -0.05) is 127 Å². The Labute approximate surface area is 795 Å². The summed E-state index contributed by atoms with van der Waals surface area (Å²) in [5, 5.41) is 24.8. The molecule has 15 N–H and O–H groups in total. The number of hydrogen-bond acceptors (Lipinski definition) is 26. The van der Waals surface area contributed by atoms with E-state index in [1.807, 2.05) is 24.3 Å². The molecule has 0 aliphatic carbocycles. The van der Waals surface area contributed by atoms with Gasteiger partial charge in [-0.3, -0.25) is 48.8 Å². The van der Waals surface area contributed by atoms with E-state index in [9.17, 15) is 62.3 Å². The van der Waals surface area contributed by atoms with Crippen LogP contribution in [0.15, 0.2) is 29.3 Å². The predicted molar refractivity (Wildman–Crippen MR) is 516 cm³/mol. The number of nitrogen functional groups attached to an aromatic ring is 2. The minimum atomic E-state index is -1.01. The average molecular weight is 1900 g/mol. The number of nitrogens with one attached hydrogen (secondary N) is 9. The molecule has 2 aromatic rings. The van der Waals surface area contributed by atoms with Crippen molar-refractivity contribution in [1.29, 1.82) is 0 Å². The largest absolute Gasteiger partial charge is 0.492 e. The van der Waals surface area contributed by atoms with E-state index in [-0.39, 0.29) is 110 Å². The second-order valence-electron chi connectivity index (χ2n) is 39.9. The highest BCUT2D eigenvalue weighted by Gasteiger charge is 2.32. The molecule has 0 fully saturated rings. The number of ether oxygens (including phenoxy) is 7. The molecule has 0 bridgehead atoms. The normalized spacial score (nSPS) is 13.4. The second kappa shape index (κ2) is 61.9. The third-order valence-corrected chi connectivity index (χ3v) is 20.5. The molecule has 0 saturated heterocycles. The van der Waals surface area contributed by atoms with Crippen molar-refractivity contribution in [2.24, 2.45) is 10.7 Å². The standard InChI is InChI=1S/C96H165ClN16O20/c1-21-23-29-44-67(104-85(121)128-91(3,4)5)73(114)50-35-25-31-46-69(106-87(123)130-93(9,10)11)75(116)52-37-27-33-48-71(108-89(125)132-95(15,16)17)81(118)101-59-41-61-113(63-64-127-66-56-54-65(55-57-66)43-39-40-58-103-84(100)112-83(120)77-79(98)111-80(99)78(97)110-77)62-42-60-102-82(119)72(109-90(126)133-96(18,19)20)49-34-28-38-53-76(117)70(107-88(124)131-94(12,13)14)47-32-26-36-51-74(115)68(45-30-24-22-2)105-86(122)129-92(6,7)8/h54-57,67-72H,21-53,58-64H2,1-20H3,(H,101,118)(H,102,119)(H,104,121)(H,105,122)(H,106,123)(H,107,124)(H,108,125)(H,109,126)(H4,98,99,111)(H3,100,103,112,120)/t67-,68-,69-,70-,71-,72-/m0/s1. The number of halogens is 1. The number of aryl methyl sites for hydroxylation is 1. The van der Waals surface area contributed by atoms with E-state index in [4.69, 9.17) is 62.0 Å². The van der Waals surface area contributed by atoms with Crippen molar-refractivity contribution in [3.8, 4) is 5.75 Å². The van der Waals surface area contributed by atoms with Gasteiger partial charge in [0.2, 0.25) is 11.8 Å². The topological polar surface area (TPSA) is 514 Å². The molecule has 37 heteroatoms. The van der Waals surface area contributed by atoms with Crippen LogP contribution in [0.1, 0.15) is 360 Å². The number of ketones is 4. The number of aromatic nitrogens is 2. The monoisotopic (exact) mass is 1900 g/mol. The number of unbranched alkanes of at least 4 members (excludes halogenated alkanes) is 13. The number of Topliss-reactive ketones (excluding diaryl/α,β-unsaturated/α-hetero) is 4. The lowest BCUT2D eigenvalue weighted by atomic mass is 9.97. The molecule has 2 rings (SSSR count). The Kier molecular flexibility index (Phi) is 55.5. The maximum atomic E-state index is 14.2. The molecule has 0 unspecified atom stereocenters. The highest BCUT2D eigenvalue weighted by molar-refractivity contribution is 6.31. The van der Waals surface area contributed by atoms with Gasteiger partial charge in [0, 0.05) is 51.9 Å². The number of amides is 9. The number of guanidine groups is 1. The number of hydrogen-bond donors (Lipinski definition) is 12. The van der Waals surface area contributed by atoms with Gasteiger partial charge in [0.15, 0.2) is 51.6 Å². The molecule has 0 aliphatic heterocycles. The molecule has 0 aliphatic rings. The van der Waals surface area contributed by atoms with E-state index in [0.29, 0.717) is 160 Å². The molecule has 133 heavy (non-hydrogen) atoms. The van der Waals surface area contributed by atoms with E-state index in [1.54, 1.807) is 125 Å². The number of aliphatic imine (C=N–C) groups is 1. The molecular formula is C96H165ClN16O20. The summed E-state index contributed by atoms with van der Waals surface area (Å²) in [6.07, 6.45) is 12.3. The van der Waals surface area contributed by atoms with Gasteiger partial charge in [0.05, 0.1) is 24.2 Å². The van der Waals surface area contributed by atoms with E-state index >= 15 is 0 Å². The fourth-order valence-corrected chi connectivity index (χ4v) is 13.9. The Morgan fingerprint density at radius 2 is 0.692 bits per heavy atom. The minimum Gasteiger partial charge on any atom is -0.492 e. The fraction of sp³-hybridized carbons (Fsp3) is 0.750. The van der Waals surface area contributed by atoms with Crippen molar-refractivity contribution in [3.05, 3.63) is 40.7 Å². The first-order valence-corrected chi connectivity index (χ1v) is 48.3. The van der Waals surface area contributed by atoms with E-state index in [2.05, 4.69) is 81.6 Å². The van der Waals surface area contributed by atoms with Crippen LogP contribution >= 0.6 is 11.6 Å². The number of benzene rings is 1. The van der Waals surface area contributed by atoms with Crippen molar-refractivity contribution in [1.82, 2.24) is 62.7 Å². The van der Waals surface area contributed by atoms with Gasteiger partial charge in [-0.25, -0.2) is 38.7 Å². The molecule has 0 radical (unpaired) electrons. The molecule has 1 aromatic heterocycles. The summed E-state index contributed by atoms with van der Waals surface area (Å²) in [4.78, 5) is 188. The Bertz CT molecular complexity index is 3770. The first-order valence-electron chi connectivity index (χ1n) is 47.9. The molecule has 9 amide bonds. The molecule has 1 heterocycles. The summed E-state index contributed by atoms with van der Waals surface area (Å²) in [7, 11) is 0. The van der Waals surface area contributed by atoms with Crippen LogP contribution in [0.25, 0.3) is 0 Å². The maximum absolute atomic E-state index is 14.2. The van der Waals surface area contributed by atoms with Crippen LogP contribution in [0.5, 0.6) is 5.75 Å². The zero-order chi connectivity index (χ0) is 100. The predicted octanol–water partition coefficient (Wildman–Crippen LogP) is 15.7. The average Bonchev–Trinajstić information content (AvgIpc) is 0.831. The van der Waals surface area contributed by atoms with E-state index in [0.717, 1.165) is 50.5 Å². The lowest BCUT2D eigenvalue weighted by Crippen LogP contribution is -2.48. The molecule has 0 spiro atoms. The van der Waals surface area contributed by atoms with Crippen molar-refractivity contribution in [2.45, 2.75) is 420 Å². The second-order valence-corrected chi connectivity index (χ2v) is 40.2. The number of nitrogens with zero attached hydrogens (tertiary/aromatic N) is 4. The van der Waals surface area contributed by atoms with Gasteiger partial charge < -0.3 is 92.9 Å². The summed E-state index contributed by atoms with van der Waals surface area (Å²) in [6, 6.07) is 2.53. The third-order valence-electron chi connectivity index (χ3n) is 20.2. The zero-order valence-corrected chi connectivity index (χ0v) is 84.4. The van der Waals surface area contributed by atoms with Crippen LogP contribution in [0, 0.1) is 0 Å². The van der Waals surface area contributed by atoms with Crippen molar-refractivity contribution in [3.63, 3.8) is 0 Å². The Morgan fingerprint density at radius 3 is 1.01 bits per heavy atom. The number of anilines is 2. The van der Waals surface area contributed by atoms with E-state index in [1.165, 1.54) is 0 Å². The van der Waals surface area contributed by atoms with Gasteiger partial charge in [0.1, 0.15) is 58.0 Å². The summed E-state index contributed by atoms with van der Waals surface area (Å²) < 4.78 is 39.4. The van der Waals surface area contributed by atoms with Crippen LogP contribution in [-0.2, 0) is 63.6 Å². The van der Waals surface area contributed by atoms with Gasteiger partial charge in [-0.15, -0.1) is 0 Å². The summed E-state index contributed by atoms with van der Waals surface area (Å²) in [6.45, 7) is 37.6. The van der Waals surface area contributed by atoms with Gasteiger partial charge in [0.25, 0.3) is 5.91 Å². The third kappa shape index (κ3) is 59.5.